The molecule has 2 heterocycles. The van der Waals surface area contributed by atoms with E-state index in [0.717, 1.165) is 24.7 Å². The molecule has 4 heteroatoms. The molecule has 0 spiro atoms. The van der Waals surface area contributed by atoms with E-state index in [1.807, 2.05) is 13.0 Å². The lowest BCUT2D eigenvalue weighted by molar-refractivity contribution is 0.276. The van der Waals surface area contributed by atoms with Crippen LogP contribution >= 0.6 is 0 Å². The first-order valence-corrected chi connectivity index (χ1v) is 6.29. The average molecular weight is 235 g/mol. The number of aryl methyl sites for hydroxylation is 1. The Balaban J connectivity index is 2.23. The molecule has 0 radical (unpaired) electrons. The molecule has 2 rings (SSSR count). The van der Waals surface area contributed by atoms with E-state index in [0.29, 0.717) is 17.5 Å². The predicted molar refractivity (Wildman–Crippen MR) is 67.8 cm³/mol. The van der Waals surface area contributed by atoms with Crippen molar-refractivity contribution in [3.05, 3.63) is 17.5 Å². The van der Waals surface area contributed by atoms with Crippen LogP contribution in [0.4, 0.5) is 5.95 Å². The smallest absolute Gasteiger partial charge is 0.225 e. The summed E-state index contributed by atoms with van der Waals surface area (Å²) in [5, 5.41) is 9.18. The highest BCUT2D eigenvalue weighted by Gasteiger charge is 2.23. The summed E-state index contributed by atoms with van der Waals surface area (Å²) < 4.78 is 0. The third kappa shape index (κ3) is 2.94. The summed E-state index contributed by atoms with van der Waals surface area (Å²) in [6.45, 7) is 8.49. The number of aliphatic hydroxyl groups excluding tert-OH is 1. The van der Waals surface area contributed by atoms with E-state index in [9.17, 15) is 5.11 Å². The van der Waals surface area contributed by atoms with Gasteiger partial charge in [0.2, 0.25) is 5.95 Å². The van der Waals surface area contributed by atoms with Crippen molar-refractivity contribution in [2.75, 3.05) is 18.0 Å². The fourth-order valence-electron chi connectivity index (χ4n) is 2.67. The van der Waals surface area contributed by atoms with Gasteiger partial charge in [0.15, 0.2) is 0 Å². The van der Waals surface area contributed by atoms with Crippen molar-refractivity contribution in [3.8, 4) is 0 Å². The van der Waals surface area contributed by atoms with Gasteiger partial charge < -0.3 is 10.0 Å². The second kappa shape index (κ2) is 5.00. The standard InChI is InChI=1S/C13H21N3O/c1-9-4-10(2)7-16(6-9)13-14-11(3)5-12(8-17)15-13/h5,9-10,17H,4,6-8H2,1-3H3. The van der Waals surface area contributed by atoms with Gasteiger partial charge in [0.05, 0.1) is 12.3 Å². The van der Waals surface area contributed by atoms with Gasteiger partial charge in [-0.25, -0.2) is 9.97 Å². The molecule has 1 fully saturated rings. The summed E-state index contributed by atoms with van der Waals surface area (Å²) in [5.41, 5.74) is 1.63. The molecule has 1 saturated heterocycles. The third-order valence-corrected chi connectivity index (χ3v) is 3.21. The molecular formula is C13H21N3O. The molecular weight excluding hydrogens is 214 g/mol. The topological polar surface area (TPSA) is 49.3 Å². The van der Waals surface area contributed by atoms with Gasteiger partial charge in [-0.3, -0.25) is 0 Å². The molecule has 1 aromatic rings. The molecule has 94 valence electrons. The minimum Gasteiger partial charge on any atom is -0.390 e. The summed E-state index contributed by atoms with van der Waals surface area (Å²) in [7, 11) is 0. The fourth-order valence-corrected chi connectivity index (χ4v) is 2.67. The van der Waals surface area contributed by atoms with Gasteiger partial charge in [-0.05, 0) is 31.2 Å². The Morgan fingerprint density at radius 2 is 1.94 bits per heavy atom. The fraction of sp³-hybridized carbons (Fsp3) is 0.692. The van der Waals surface area contributed by atoms with Crippen molar-refractivity contribution in [2.45, 2.75) is 33.8 Å². The lowest BCUT2D eigenvalue weighted by Gasteiger charge is -2.35. The van der Waals surface area contributed by atoms with Crippen molar-refractivity contribution in [2.24, 2.45) is 11.8 Å². The lowest BCUT2D eigenvalue weighted by Crippen LogP contribution is -2.39. The Morgan fingerprint density at radius 3 is 2.53 bits per heavy atom. The minimum absolute atomic E-state index is 0.0185. The van der Waals surface area contributed by atoms with E-state index in [-0.39, 0.29) is 6.61 Å². The van der Waals surface area contributed by atoms with E-state index >= 15 is 0 Å². The molecule has 0 aromatic carbocycles. The molecule has 4 nitrogen and oxygen atoms in total. The third-order valence-electron chi connectivity index (χ3n) is 3.21. The molecule has 2 atom stereocenters. The van der Waals surface area contributed by atoms with Crippen LogP contribution in [0.5, 0.6) is 0 Å². The minimum atomic E-state index is -0.0185. The first kappa shape index (κ1) is 12.3. The predicted octanol–water partition coefficient (Wildman–Crippen LogP) is 1.76. The average Bonchev–Trinajstić information content (AvgIpc) is 2.26. The van der Waals surface area contributed by atoms with Crippen LogP contribution in [-0.4, -0.2) is 28.2 Å². The monoisotopic (exact) mass is 235 g/mol. The molecule has 1 N–H and O–H groups in total. The van der Waals surface area contributed by atoms with Gasteiger partial charge in [-0.2, -0.15) is 0 Å². The summed E-state index contributed by atoms with van der Waals surface area (Å²) in [5.74, 6) is 2.13. The second-order valence-corrected chi connectivity index (χ2v) is 5.31. The maximum Gasteiger partial charge on any atom is 0.225 e. The number of aromatic nitrogens is 2. The van der Waals surface area contributed by atoms with E-state index in [4.69, 9.17) is 0 Å². The van der Waals surface area contributed by atoms with Gasteiger partial charge in [-0.1, -0.05) is 13.8 Å². The van der Waals surface area contributed by atoms with E-state index in [1.54, 1.807) is 0 Å². The number of hydrogen-bond donors (Lipinski definition) is 1. The maximum atomic E-state index is 9.18. The Kier molecular flexibility index (Phi) is 3.62. The summed E-state index contributed by atoms with van der Waals surface area (Å²) >= 11 is 0. The number of aliphatic hydroxyl groups is 1. The largest absolute Gasteiger partial charge is 0.390 e. The zero-order valence-corrected chi connectivity index (χ0v) is 10.8. The molecule has 0 bridgehead atoms. The zero-order valence-electron chi connectivity index (χ0n) is 10.8. The van der Waals surface area contributed by atoms with Crippen molar-refractivity contribution in [1.82, 2.24) is 9.97 Å². The highest BCUT2D eigenvalue weighted by Crippen LogP contribution is 2.24. The van der Waals surface area contributed by atoms with Crippen molar-refractivity contribution < 1.29 is 5.11 Å². The SMILES string of the molecule is Cc1cc(CO)nc(N2CC(C)CC(C)C2)n1. The molecule has 1 aliphatic rings. The van der Waals surface area contributed by atoms with Gasteiger partial charge in [0.1, 0.15) is 0 Å². The molecule has 1 aromatic heterocycles. The van der Waals surface area contributed by atoms with Gasteiger partial charge in [-0.15, -0.1) is 0 Å². The zero-order chi connectivity index (χ0) is 12.4. The van der Waals surface area contributed by atoms with Crippen LogP contribution < -0.4 is 4.90 Å². The molecule has 17 heavy (non-hydrogen) atoms. The molecule has 2 unspecified atom stereocenters. The Hall–Kier alpha value is -1.16. The number of nitrogens with zero attached hydrogens (tertiary/aromatic N) is 3. The van der Waals surface area contributed by atoms with Gasteiger partial charge in [0, 0.05) is 18.8 Å². The maximum absolute atomic E-state index is 9.18. The van der Waals surface area contributed by atoms with Crippen LogP contribution in [-0.2, 0) is 6.61 Å². The first-order chi connectivity index (χ1) is 8.08. The Bertz CT molecular complexity index is 384. The lowest BCUT2D eigenvalue weighted by atomic mass is 9.92. The molecule has 0 saturated carbocycles. The Morgan fingerprint density at radius 1 is 1.29 bits per heavy atom. The number of piperidine rings is 1. The van der Waals surface area contributed by atoms with Crippen molar-refractivity contribution in [3.63, 3.8) is 0 Å². The van der Waals surface area contributed by atoms with E-state index in [1.165, 1.54) is 6.42 Å². The Labute approximate surface area is 103 Å². The number of anilines is 1. The van der Waals surface area contributed by atoms with Crippen LogP contribution in [0.2, 0.25) is 0 Å². The van der Waals surface area contributed by atoms with Gasteiger partial charge in [0.25, 0.3) is 0 Å². The molecule has 0 amide bonds. The van der Waals surface area contributed by atoms with E-state index < -0.39 is 0 Å². The number of hydrogen-bond acceptors (Lipinski definition) is 4. The quantitative estimate of drug-likeness (QED) is 0.848. The first-order valence-electron chi connectivity index (χ1n) is 6.29. The number of rotatable bonds is 2. The van der Waals surface area contributed by atoms with Crippen molar-refractivity contribution >= 4 is 5.95 Å². The van der Waals surface area contributed by atoms with E-state index in [2.05, 4.69) is 28.7 Å². The highest BCUT2D eigenvalue weighted by molar-refractivity contribution is 5.33. The van der Waals surface area contributed by atoms with Crippen LogP contribution in [0.25, 0.3) is 0 Å². The highest BCUT2D eigenvalue weighted by atomic mass is 16.3. The summed E-state index contributed by atoms with van der Waals surface area (Å²) in [6.07, 6.45) is 1.27. The summed E-state index contributed by atoms with van der Waals surface area (Å²) in [4.78, 5) is 11.1. The normalized spacial score (nSPS) is 25.1. The van der Waals surface area contributed by atoms with Crippen LogP contribution in [0.1, 0.15) is 31.7 Å². The van der Waals surface area contributed by atoms with Crippen LogP contribution in [0, 0.1) is 18.8 Å². The molecule has 1 aliphatic heterocycles. The van der Waals surface area contributed by atoms with Crippen molar-refractivity contribution in [1.29, 1.82) is 0 Å². The molecule has 0 aliphatic carbocycles. The van der Waals surface area contributed by atoms with Gasteiger partial charge >= 0.3 is 0 Å². The van der Waals surface area contributed by atoms with Crippen LogP contribution in [0.3, 0.4) is 0 Å². The second-order valence-electron chi connectivity index (χ2n) is 5.31. The van der Waals surface area contributed by atoms with Crippen LogP contribution in [0.15, 0.2) is 6.07 Å². The summed E-state index contributed by atoms with van der Waals surface area (Å²) in [6, 6.07) is 1.83.